The van der Waals surface area contributed by atoms with Gasteiger partial charge >= 0.3 is 0 Å². The van der Waals surface area contributed by atoms with Crippen LogP contribution in [-0.4, -0.2) is 0 Å². The highest BCUT2D eigenvalue weighted by Crippen LogP contribution is 1.74. The number of hydrogen-bond donors (Lipinski definition) is 0. The quantitative estimate of drug-likeness (QED) is 0.395. The average molecular weight is 148 g/mol. The lowest BCUT2D eigenvalue weighted by molar-refractivity contribution is 1.73. The first-order valence-electron chi connectivity index (χ1n) is 3.32. The van der Waals surface area contributed by atoms with Crippen LogP contribution in [0.1, 0.15) is 21.3 Å². The van der Waals surface area contributed by atoms with Crippen molar-refractivity contribution in [1.29, 1.82) is 0 Å². The zero-order valence-electron chi connectivity index (χ0n) is 6.46. The van der Waals surface area contributed by atoms with Crippen molar-refractivity contribution in [3.8, 4) is 11.8 Å². The molecule has 0 amide bonds. The maximum absolute atomic E-state index is 2.85. The van der Waals surface area contributed by atoms with E-state index in [2.05, 4.69) is 11.8 Å². The van der Waals surface area contributed by atoms with Crippen molar-refractivity contribution in [2.24, 2.45) is 0 Å². The molecule has 0 aromatic rings. The molecular weight excluding hydrogens is 132 g/mol. The lowest BCUT2D eigenvalue weighted by Crippen LogP contribution is -1.49. The Labute approximate surface area is 70.3 Å². The van der Waals surface area contributed by atoms with E-state index in [1.165, 1.54) is 0 Å². The van der Waals surface area contributed by atoms with Gasteiger partial charge in [0.25, 0.3) is 0 Å². The first-order valence-corrected chi connectivity index (χ1v) is 3.32. The molecule has 0 aromatic heterocycles. The van der Waals surface area contributed by atoms with E-state index < -0.39 is 0 Å². The molecule has 0 rings (SSSR count). The molecule has 0 bridgehead atoms. The summed E-state index contributed by atoms with van der Waals surface area (Å²) in [6.45, 7) is 3.92. The SMILES string of the molecule is C.C/C=C\C#C/C=C\C=C\C. The lowest BCUT2D eigenvalue weighted by Gasteiger charge is -1.66. The summed E-state index contributed by atoms with van der Waals surface area (Å²) in [6.07, 6.45) is 11.4. The first kappa shape index (κ1) is 12.5. The highest BCUT2D eigenvalue weighted by Gasteiger charge is 1.56. The third-order valence-electron chi connectivity index (χ3n) is 0.816. The van der Waals surface area contributed by atoms with Crippen molar-refractivity contribution in [2.75, 3.05) is 0 Å². The molecule has 0 aliphatic rings. The monoisotopic (exact) mass is 148 g/mol. The summed E-state index contributed by atoms with van der Waals surface area (Å²) in [5.41, 5.74) is 0. The summed E-state index contributed by atoms with van der Waals surface area (Å²) in [7, 11) is 0. The van der Waals surface area contributed by atoms with Crippen LogP contribution in [0.3, 0.4) is 0 Å². The van der Waals surface area contributed by atoms with Gasteiger partial charge in [-0.15, -0.1) is 0 Å². The summed E-state index contributed by atoms with van der Waals surface area (Å²) in [5, 5.41) is 0. The van der Waals surface area contributed by atoms with Gasteiger partial charge in [0.15, 0.2) is 0 Å². The minimum absolute atomic E-state index is 0. The Kier molecular flexibility index (Phi) is 13.1. The van der Waals surface area contributed by atoms with Crippen LogP contribution in [0.5, 0.6) is 0 Å². The zero-order chi connectivity index (χ0) is 7.66. The number of allylic oxidation sites excluding steroid dienone is 6. The largest absolute Gasteiger partial charge is 0.0876 e. The van der Waals surface area contributed by atoms with Crippen LogP contribution in [0.25, 0.3) is 0 Å². The van der Waals surface area contributed by atoms with Crippen molar-refractivity contribution in [1.82, 2.24) is 0 Å². The van der Waals surface area contributed by atoms with Crippen LogP contribution in [0.4, 0.5) is 0 Å². The van der Waals surface area contributed by atoms with E-state index in [9.17, 15) is 0 Å². The van der Waals surface area contributed by atoms with Crippen LogP contribution >= 0.6 is 0 Å². The molecule has 11 heavy (non-hydrogen) atoms. The Balaban J connectivity index is 0. The molecule has 0 aliphatic carbocycles. The molecule has 0 N–H and O–H groups in total. The lowest BCUT2D eigenvalue weighted by atomic mass is 10.4. The predicted octanol–water partition coefficient (Wildman–Crippen LogP) is 3.33. The molecule has 0 atom stereocenters. The molecule has 0 saturated carbocycles. The Morgan fingerprint density at radius 1 is 0.818 bits per heavy atom. The highest BCUT2D eigenvalue weighted by molar-refractivity contribution is 5.25. The van der Waals surface area contributed by atoms with Gasteiger partial charge < -0.3 is 0 Å². The van der Waals surface area contributed by atoms with Crippen molar-refractivity contribution in [3.63, 3.8) is 0 Å². The Morgan fingerprint density at radius 3 is 2.00 bits per heavy atom. The zero-order valence-corrected chi connectivity index (χ0v) is 6.46. The van der Waals surface area contributed by atoms with E-state index in [0.29, 0.717) is 0 Å². The van der Waals surface area contributed by atoms with Crippen molar-refractivity contribution < 1.29 is 0 Å². The van der Waals surface area contributed by atoms with Crippen LogP contribution in [0, 0.1) is 11.8 Å². The Morgan fingerprint density at radius 2 is 1.45 bits per heavy atom. The van der Waals surface area contributed by atoms with Crippen LogP contribution in [0.15, 0.2) is 36.5 Å². The topological polar surface area (TPSA) is 0 Å². The number of hydrogen-bond acceptors (Lipinski definition) is 0. The van der Waals surface area contributed by atoms with Crippen molar-refractivity contribution in [2.45, 2.75) is 21.3 Å². The van der Waals surface area contributed by atoms with Gasteiger partial charge in [0.1, 0.15) is 0 Å². The Bertz CT molecular complexity index is 194. The molecule has 0 nitrogen and oxygen atoms in total. The van der Waals surface area contributed by atoms with Crippen LogP contribution in [-0.2, 0) is 0 Å². The van der Waals surface area contributed by atoms with E-state index in [0.717, 1.165) is 0 Å². The van der Waals surface area contributed by atoms with E-state index in [4.69, 9.17) is 0 Å². The van der Waals surface area contributed by atoms with E-state index in [1.807, 2.05) is 50.3 Å². The van der Waals surface area contributed by atoms with Gasteiger partial charge in [0, 0.05) is 0 Å². The average Bonchev–Trinajstić information content (AvgIpc) is 1.97. The maximum atomic E-state index is 2.85. The molecule has 0 aromatic carbocycles. The van der Waals surface area contributed by atoms with Gasteiger partial charge in [-0.3, -0.25) is 0 Å². The third kappa shape index (κ3) is 12.1. The fourth-order valence-electron chi connectivity index (χ4n) is 0.394. The second kappa shape index (κ2) is 11.6. The third-order valence-corrected chi connectivity index (χ3v) is 0.816. The second-order valence-corrected chi connectivity index (χ2v) is 1.67. The van der Waals surface area contributed by atoms with Gasteiger partial charge in [0.2, 0.25) is 0 Å². The minimum atomic E-state index is 0. The van der Waals surface area contributed by atoms with Gasteiger partial charge in [-0.05, 0) is 26.0 Å². The summed E-state index contributed by atoms with van der Waals surface area (Å²) < 4.78 is 0. The molecule has 60 valence electrons. The van der Waals surface area contributed by atoms with Gasteiger partial charge in [-0.2, -0.15) is 0 Å². The molecule has 0 saturated heterocycles. The summed E-state index contributed by atoms with van der Waals surface area (Å²) in [4.78, 5) is 0. The van der Waals surface area contributed by atoms with Crippen molar-refractivity contribution in [3.05, 3.63) is 36.5 Å². The highest BCUT2D eigenvalue weighted by atomic mass is 13.6. The first-order chi connectivity index (χ1) is 4.91. The van der Waals surface area contributed by atoms with Gasteiger partial charge in [-0.25, -0.2) is 0 Å². The standard InChI is InChI=1S/C10H12.CH4/c1-3-5-7-9-10-8-6-4-2;/h3-7,9H,1-2H3;1H4/b5-3+,6-4-,9-7-;. The summed E-state index contributed by atoms with van der Waals surface area (Å²) >= 11 is 0. The molecule has 0 aliphatic heterocycles. The Hall–Kier alpha value is -1.22. The number of rotatable bonds is 1. The molecule has 0 fully saturated rings. The molecule has 0 unspecified atom stereocenters. The maximum Gasteiger partial charge on any atom is -0.0115 e. The second-order valence-electron chi connectivity index (χ2n) is 1.67. The van der Waals surface area contributed by atoms with E-state index >= 15 is 0 Å². The van der Waals surface area contributed by atoms with Gasteiger partial charge in [0.05, 0.1) is 0 Å². The van der Waals surface area contributed by atoms with Crippen LogP contribution < -0.4 is 0 Å². The van der Waals surface area contributed by atoms with Crippen molar-refractivity contribution >= 4 is 0 Å². The smallest absolute Gasteiger partial charge is 0.0115 e. The summed E-state index contributed by atoms with van der Waals surface area (Å²) in [5.74, 6) is 5.70. The van der Waals surface area contributed by atoms with Crippen LogP contribution in [0.2, 0.25) is 0 Å². The molecule has 0 heterocycles. The minimum Gasteiger partial charge on any atom is -0.0876 e. The van der Waals surface area contributed by atoms with Gasteiger partial charge in [-0.1, -0.05) is 43.6 Å². The molecule has 0 heteroatoms. The van der Waals surface area contributed by atoms with E-state index in [1.54, 1.807) is 0 Å². The molecular formula is C11H16. The predicted molar refractivity (Wildman–Crippen MR) is 53.3 cm³/mol. The normalized spacial score (nSPS) is 10.0. The molecule has 0 spiro atoms. The van der Waals surface area contributed by atoms with E-state index in [-0.39, 0.29) is 7.43 Å². The fourth-order valence-corrected chi connectivity index (χ4v) is 0.394. The molecule has 0 radical (unpaired) electrons. The fraction of sp³-hybridized carbons (Fsp3) is 0.273. The summed E-state index contributed by atoms with van der Waals surface area (Å²) in [6, 6.07) is 0.